The lowest BCUT2D eigenvalue weighted by atomic mass is 9.99. The van der Waals surface area contributed by atoms with Crippen LogP contribution in [0.1, 0.15) is 6.92 Å². The topological polar surface area (TPSA) is 96.4 Å². The molecule has 0 aliphatic carbocycles. The highest BCUT2D eigenvalue weighted by molar-refractivity contribution is 7.48. The summed E-state index contributed by atoms with van der Waals surface area (Å²) in [6.07, 6.45) is 0. The van der Waals surface area contributed by atoms with Gasteiger partial charge in [-0.25, -0.2) is 4.57 Å². The van der Waals surface area contributed by atoms with Crippen molar-refractivity contribution in [2.45, 2.75) is 13.0 Å². The summed E-state index contributed by atoms with van der Waals surface area (Å²) in [5, 5.41) is 0. The van der Waals surface area contributed by atoms with Crippen molar-refractivity contribution in [3.8, 4) is 0 Å². The summed E-state index contributed by atoms with van der Waals surface area (Å²) in [6.45, 7) is 0.913. The van der Waals surface area contributed by atoms with Crippen LogP contribution >= 0.6 is 7.82 Å². The van der Waals surface area contributed by atoms with E-state index in [1.165, 1.54) is 14.0 Å². The van der Waals surface area contributed by atoms with Crippen LogP contribution in [0.4, 0.5) is 0 Å². The second kappa shape index (κ2) is 3.56. The van der Waals surface area contributed by atoms with Crippen LogP contribution in [-0.4, -0.2) is 53.2 Å². The summed E-state index contributed by atoms with van der Waals surface area (Å²) in [5.74, 6) is -0.793. The molecule has 0 saturated carbocycles. The van der Waals surface area contributed by atoms with Crippen molar-refractivity contribution in [2.24, 2.45) is 0 Å². The number of nitrogens with zero attached hydrogens (tertiary/aromatic N) is 2. The van der Waals surface area contributed by atoms with Gasteiger partial charge in [0.15, 0.2) is 0 Å². The summed E-state index contributed by atoms with van der Waals surface area (Å²) in [6, 6.07) is -0.893. The normalized spacial score (nSPS) is 34.3. The van der Waals surface area contributed by atoms with Gasteiger partial charge in [0.25, 0.3) is 0 Å². The molecule has 2 aliphatic rings. The summed E-state index contributed by atoms with van der Waals surface area (Å²) < 4.78 is 20.6. The third-order valence-electron chi connectivity index (χ3n) is 2.52. The van der Waals surface area contributed by atoms with Gasteiger partial charge in [0, 0.05) is 14.0 Å². The lowest BCUT2D eigenvalue weighted by molar-refractivity contribution is -0.134. The number of phosphoric acid groups is 1. The van der Waals surface area contributed by atoms with Crippen molar-refractivity contribution in [2.75, 3.05) is 13.7 Å². The molecule has 10 heteroatoms. The van der Waals surface area contributed by atoms with Crippen molar-refractivity contribution >= 4 is 26.8 Å². The Morgan fingerprint density at radius 3 is 2.88 bits per heavy atom. The zero-order chi connectivity index (χ0) is 12.1. The van der Waals surface area contributed by atoms with E-state index >= 15 is 0 Å². The molecular formula is C6H10BN2O6P. The lowest BCUT2D eigenvalue weighted by Gasteiger charge is -2.21. The number of carbonyl (C=O) groups excluding carboxylic acids is 2. The van der Waals surface area contributed by atoms with E-state index in [0.29, 0.717) is 0 Å². The second-order valence-corrected chi connectivity index (χ2v) is 4.99. The Bertz CT molecular complexity index is 402. The fourth-order valence-electron chi connectivity index (χ4n) is 1.77. The summed E-state index contributed by atoms with van der Waals surface area (Å²) in [5.41, 5.74) is 0. The summed E-state index contributed by atoms with van der Waals surface area (Å²) >= 11 is 0. The molecule has 1 N–H and O–H groups in total. The van der Waals surface area contributed by atoms with Gasteiger partial charge in [-0.15, -0.1) is 0 Å². The van der Waals surface area contributed by atoms with Crippen LogP contribution < -0.4 is 0 Å². The Balaban J connectivity index is 2.39. The fraction of sp³-hybridized carbons (Fsp3) is 0.667. The minimum absolute atomic E-state index is 0.340. The number of amides is 2. The molecule has 2 saturated heterocycles. The van der Waals surface area contributed by atoms with Crippen molar-refractivity contribution in [1.82, 2.24) is 9.62 Å². The molecular weight excluding hydrogens is 238 g/mol. The average molecular weight is 248 g/mol. The van der Waals surface area contributed by atoms with Gasteiger partial charge < -0.3 is 19.0 Å². The van der Waals surface area contributed by atoms with E-state index in [-0.39, 0.29) is 12.5 Å². The largest absolute Gasteiger partial charge is 0.561 e. The SMILES string of the molecule is CC(=O)N1B2OP(=O)(O)OCC1C(=O)N2C. The highest BCUT2D eigenvalue weighted by Gasteiger charge is 2.57. The zero-order valence-corrected chi connectivity index (χ0v) is 9.59. The van der Waals surface area contributed by atoms with Gasteiger partial charge in [-0.1, -0.05) is 0 Å². The van der Waals surface area contributed by atoms with Gasteiger partial charge in [0.05, 0.1) is 6.61 Å². The lowest BCUT2D eigenvalue weighted by Crippen LogP contribution is -2.47. The Kier molecular flexibility index (Phi) is 2.58. The first-order valence-electron chi connectivity index (χ1n) is 4.55. The standard InChI is InChI=1S/C6H10BN2O6P/c1-4(10)9-5-3-14-16(12,13)15-7(9)8(2)6(5)11/h5H,3H2,1-2H3,(H,12,13). The van der Waals surface area contributed by atoms with Crippen molar-refractivity contribution in [1.29, 1.82) is 0 Å². The smallest absolute Gasteiger partial charge is 0.341 e. The number of phosphoric ester groups is 1. The third-order valence-corrected chi connectivity index (χ3v) is 3.45. The highest BCUT2D eigenvalue weighted by atomic mass is 31.2. The van der Waals surface area contributed by atoms with Gasteiger partial charge >= 0.3 is 15.0 Å². The first kappa shape index (κ1) is 11.6. The van der Waals surface area contributed by atoms with E-state index < -0.39 is 27.0 Å². The molecule has 0 spiro atoms. The Morgan fingerprint density at radius 2 is 2.31 bits per heavy atom. The van der Waals surface area contributed by atoms with E-state index in [9.17, 15) is 19.0 Å². The molecule has 0 radical (unpaired) electrons. The molecule has 16 heavy (non-hydrogen) atoms. The zero-order valence-electron chi connectivity index (χ0n) is 8.69. The maximum absolute atomic E-state index is 11.7. The maximum atomic E-state index is 11.7. The summed E-state index contributed by atoms with van der Waals surface area (Å²) in [4.78, 5) is 34.4. The first-order valence-corrected chi connectivity index (χ1v) is 6.04. The predicted molar refractivity (Wildman–Crippen MR) is 51.7 cm³/mol. The molecule has 2 amide bonds. The van der Waals surface area contributed by atoms with E-state index in [4.69, 9.17) is 4.44 Å². The van der Waals surface area contributed by atoms with Gasteiger partial charge in [0.1, 0.15) is 6.04 Å². The first-order chi connectivity index (χ1) is 7.33. The van der Waals surface area contributed by atoms with Crippen LogP contribution in [0.2, 0.25) is 0 Å². The Labute approximate surface area is 91.9 Å². The molecule has 88 valence electrons. The van der Waals surface area contributed by atoms with E-state index in [0.717, 1.165) is 9.62 Å². The van der Waals surface area contributed by atoms with Crippen LogP contribution in [0.25, 0.3) is 0 Å². The number of hydrogen-bond donors (Lipinski definition) is 1. The highest BCUT2D eigenvalue weighted by Crippen LogP contribution is 2.48. The van der Waals surface area contributed by atoms with Crippen LogP contribution in [0, 0.1) is 0 Å². The Hall–Kier alpha value is -0.885. The van der Waals surface area contributed by atoms with Crippen molar-refractivity contribution in [3.63, 3.8) is 0 Å². The van der Waals surface area contributed by atoms with Crippen LogP contribution in [0.3, 0.4) is 0 Å². The molecule has 2 bridgehead atoms. The van der Waals surface area contributed by atoms with Crippen LogP contribution in [-0.2, 0) is 23.1 Å². The fourth-order valence-corrected chi connectivity index (χ4v) is 2.64. The van der Waals surface area contributed by atoms with Crippen molar-refractivity contribution in [3.05, 3.63) is 0 Å². The van der Waals surface area contributed by atoms with Gasteiger partial charge in [-0.05, 0) is 0 Å². The molecule has 0 aromatic heterocycles. The minimum Gasteiger partial charge on any atom is -0.341 e. The number of likely N-dealkylation sites (N-methyl/N-ethyl adjacent to an activating group) is 1. The molecule has 0 aromatic rings. The number of fused-ring (bicyclic) bond motifs is 2. The third kappa shape index (κ3) is 1.65. The van der Waals surface area contributed by atoms with Gasteiger partial charge in [0.2, 0.25) is 11.8 Å². The molecule has 2 unspecified atom stereocenters. The molecule has 2 aliphatic heterocycles. The van der Waals surface area contributed by atoms with E-state index in [2.05, 4.69) is 4.52 Å². The number of carbonyl (C=O) groups is 2. The van der Waals surface area contributed by atoms with E-state index in [1.54, 1.807) is 0 Å². The monoisotopic (exact) mass is 248 g/mol. The number of rotatable bonds is 0. The molecule has 2 heterocycles. The molecule has 2 atom stereocenters. The molecule has 8 nitrogen and oxygen atoms in total. The van der Waals surface area contributed by atoms with Gasteiger partial charge in [-0.2, -0.15) is 0 Å². The quantitative estimate of drug-likeness (QED) is 0.427. The summed E-state index contributed by atoms with van der Waals surface area (Å²) in [7, 11) is -3.98. The van der Waals surface area contributed by atoms with Crippen LogP contribution in [0.5, 0.6) is 0 Å². The Morgan fingerprint density at radius 1 is 1.69 bits per heavy atom. The van der Waals surface area contributed by atoms with E-state index in [1.807, 2.05) is 0 Å². The minimum atomic E-state index is -4.20. The van der Waals surface area contributed by atoms with Crippen molar-refractivity contribution < 1.29 is 28.0 Å². The predicted octanol–water partition coefficient (Wildman–Crippen LogP) is -1.19. The van der Waals surface area contributed by atoms with Crippen LogP contribution in [0.15, 0.2) is 0 Å². The molecule has 2 fully saturated rings. The maximum Gasteiger partial charge on any atom is 0.561 e. The average Bonchev–Trinajstić information content (AvgIpc) is 2.33. The molecule has 0 aromatic carbocycles. The van der Waals surface area contributed by atoms with Gasteiger partial charge in [-0.3, -0.25) is 14.1 Å². The second-order valence-electron chi connectivity index (χ2n) is 3.59. The molecule has 2 rings (SSSR count). The number of hydrogen-bond acceptors (Lipinski definition) is 5.